The van der Waals surface area contributed by atoms with E-state index >= 15 is 0 Å². The summed E-state index contributed by atoms with van der Waals surface area (Å²) in [5.41, 5.74) is 4.33. The lowest BCUT2D eigenvalue weighted by atomic mass is 9.89. The van der Waals surface area contributed by atoms with Gasteiger partial charge in [0.05, 0.1) is 13.2 Å². The molecular formula is C22H33N3O. The van der Waals surface area contributed by atoms with E-state index in [4.69, 9.17) is 4.74 Å². The van der Waals surface area contributed by atoms with Gasteiger partial charge in [-0.25, -0.2) is 0 Å². The molecule has 4 rings (SSSR count). The SMILES string of the molecule is CCc1cccc2c(C3CCN(CCN4CCOCC4C)CC3)c[nH]c12. The third-order valence-electron chi connectivity index (χ3n) is 6.45. The minimum Gasteiger partial charge on any atom is -0.379 e. The Kier molecular flexibility index (Phi) is 5.63. The summed E-state index contributed by atoms with van der Waals surface area (Å²) in [6.07, 6.45) is 5.93. The second-order valence-corrected chi connectivity index (χ2v) is 8.01. The van der Waals surface area contributed by atoms with E-state index in [9.17, 15) is 0 Å². The van der Waals surface area contributed by atoms with E-state index in [1.807, 2.05) is 0 Å². The molecule has 1 unspecified atom stereocenters. The van der Waals surface area contributed by atoms with Crippen molar-refractivity contribution in [2.45, 2.75) is 45.1 Å². The van der Waals surface area contributed by atoms with Gasteiger partial charge in [-0.05, 0) is 56.3 Å². The van der Waals surface area contributed by atoms with E-state index in [1.165, 1.54) is 61.1 Å². The van der Waals surface area contributed by atoms with Crippen molar-refractivity contribution in [3.8, 4) is 0 Å². The quantitative estimate of drug-likeness (QED) is 0.889. The number of H-pyrrole nitrogens is 1. The van der Waals surface area contributed by atoms with Gasteiger partial charge in [-0.3, -0.25) is 4.90 Å². The van der Waals surface area contributed by atoms with Gasteiger partial charge in [-0.15, -0.1) is 0 Å². The van der Waals surface area contributed by atoms with Crippen LogP contribution in [0.2, 0.25) is 0 Å². The van der Waals surface area contributed by atoms with Gasteiger partial charge in [0.1, 0.15) is 0 Å². The number of aromatic nitrogens is 1. The third-order valence-corrected chi connectivity index (χ3v) is 6.45. The first-order valence-electron chi connectivity index (χ1n) is 10.4. The number of hydrogen-bond acceptors (Lipinski definition) is 3. The minimum atomic E-state index is 0.570. The lowest BCUT2D eigenvalue weighted by Gasteiger charge is -2.37. The highest BCUT2D eigenvalue weighted by molar-refractivity contribution is 5.86. The van der Waals surface area contributed by atoms with E-state index in [0.29, 0.717) is 12.0 Å². The molecule has 2 saturated heterocycles. The molecule has 26 heavy (non-hydrogen) atoms. The molecule has 2 aliphatic rings. The van der Waals surface area contributed by atoms with Crippen molar-refractivity contribution in [3.05, 3.63) is 35.5 Å². The molecule has 1 atom stereocenters. The molecule has 0 spiro atoms. The molecule has 1 aromatic carbocycles. The van der Waals surface area contributed by atoms with Gasteiger partial charge in [0.25, 0.3) is 0 Å². The normalized spacial score (nSPS) is 23.7. The predicted octanol–water partition coefficient (Wildman–Crippen LogP) is 3.63. The average Bonchev–Trinajstić information content (AvgIpc) is 3.12. The van der Waals surface area contributed by atoms with Gasteiger partial charge in [0.2, 0.25) is 0 Å². The van der Waals surface area contributed by atoms with Crippen LogP contribution in [0.15, 0.2) is 24.4 Å². The van der Waals surface area contributed by atoms with E-state index in [0.717, 1.165) is 26.2 Å². The Hall–Kier alpha value is -1.36. The smallest absolute Gasteiger partial charge is 0.0619 e. The van der Waals surface area contributed by atoms with E-state index < -0.39 is 0 Å². The zero-order valence-electron chi connectivity index (χ0n) is 16.3. The molecule has 4 heteroatoms. The third kappa shape index (κ3) is 3.68. The van der Waals surface area contributed by atoms with Crippen LogP contribution in [0.4, 0.5) is 0 Å². The highest BCUT2D eigenvalue weighted by Gasteiger charge is 2.24. The fourth-order valence-corrected chi connectivity index (χ4v) is 4.70. The Labute approximate surface area is 157 Å². The second kappa shape index (κ2) is 8.12. The summed E-state index contributed by atoms with van der Waals surface area (Å²) < 4.78 is 5.55. The molecule has 2 aromatic rings. The van der Waals surface area contributed by atoms with Crippen LogP contribution in [0, 0.1) is 0 Å². The molecule has 142 valence electrons. The summed E-state index contributed by atoms with van der Waals surface area (Å²) in [6, 6.07) is 7.34. The first-order valence-corrected chi connectivity index (χ1v) is 10.4. The van der Waals surface area contributed by atoms with Crippen LogP contribution in [0.25, 0.3) is 10.9 Å². The van der Waals surface area contributed by atoms with Crippen molar-refractivity contribution in [1.29, 1.82) is 0 Å². The van der Waals surface area contributed by atoms with Gasteiger partial charge in [-0.2, -0.15) is 0 Å². The monoisotopic (exact) mass is 355 g/mol. The van der Waals surface area contributed by atoms with Crippen molar-refractivity contribution in [1.82, 2.24) is 14.8 Å². The van der Waals surface area contributed by atoms with E-state index in [2.05, 4.69) is 53.0 Å². The summed E-state index contributed by atoms with van der Waals surface area (Å²) in [5, 5.41) is 1.45. The summed E-state index contributed by atoms with van der Waals surface area (Å²) in [6.45, 7) is 12.2. The van der Waals surface area contributed by atoms with Gasteiger partial charge in [0, 0.05) is 42.8 Å². The number of ether oxygens (including phenoxy) is 1. The number of rotatable bonds is 5. The highest BCUT2D eigenvalue weighted by atomic mass is 16.5. The van der Waals surface area contributed by atoms with Crippen LogP contribution in [0.1, 0.15) is 43.7 Å². The van der Waals surface area contributed by atoms with Gasteiger partial charge in [-0.1, -0.05) is 25.1 Å². The fraction of sp³-hybridized carbons (Fsp3) is 0.636. The maximum atomic E-state index is 5.55. The molecular weight excluding hydrogens is 322 g/mol. The molecule has 1 aromatic heterocycles. The molecule has 2 fully saturated rings. The molecule has 0 saturated carbocycles. The molecule has 0 radical (unpaired) electrons. The molecule has 0 bridgehead atoms. The predicted molar refractivity (Wildman–Crippen MR) is 108 cm³/mol. The number of morpholine rings is 1. The van der Waals surface area contributed by atoms with Crippen LogP contribution in [0.3, 0.4) is 0 Å². The molecule has 4 nitrogen and oxygen atoms in total. The van der Waals surface area contributed by atoms with Crippen molar-refractivity contribution in [2.24, 2.45) is 0 Å². The first-order chi connectivity index (χ1) is 12.8. The summed E-state index contributed by atoms with van der Waals surface area (Å²) in [7, 11) is 0. The minimum absolute atomic E-state index is 0.570. The number of nitrogens with zero attached hydrogens (tertiary/aromatic N) is 2. The number of likely N-dealkylation sites (tertiary alicyclic amines) is 1. The Morgan fingerprint density at radius 3 is 2.77 bits per heavy atom. The van der Waals surface area contributed by atoms with E-state index in [1.54, 1.807) is 0 Å². The number of benzene rings is 1. The number of hydrogen-bond donors (Lipinski definition) is 1. The van der Waals surface area contributed by atoms with Crippen LogP contribution in [0.5, 0.6) is 0 Å². The van der Waals surface area contributed by atoms with Gasteiger partial charge in [0.15, 0.2) is 0 Å². The Morgan fingerprint density at radius 2 is 2.00 bits per heavy atom. The van der Waals surface area contributed by atoms with Gasteiger partial charge < -0.3 is 14.6 Å². The lowest BCUT2D eigenvalue weighted by molar-refractivity contribution is -0.00486. The Bertz CT molecular complexity index is 717. The number of para-hydroxylation sites is 1. The van der Waals surface area contributed by atoms with E-state index in [-0.39, 0.29) is 0 Å². The van der Waals surface area contributed by atoms with Crippen LogP contribution in [-0.2, 0) is 11.2 Å². The zero-order chi connectivity index (χ0) is 17.9. The average molecular weight is 356 g/mol. The fourth-order valence-electron chi connectivity index (χ4n) is 4.70. The maximum absolute atomic E-state index is 5.55. The second-order valence-electron chi connectivity index (χ2n) is 8.01. The zero-order valence-corrected chi connectivity index (χ0v) is 16.3. The standard InChI is InChI=1S/C22H33N3O/c1-3-18-5-4-6-20-21(15-23-22(18)20)19-7-9-24(10-8-19)11-12-25-13-14-26-16-17(25)2/h4-6,15,17,19,23H,3,7-14,16H2,1-2H3. The number of piperidine rings is 1. The van der Waals surface area contributed by atoms with Crippen LogP contribution < -0.4 is 0 Å². The Morgan fingerprint density at radius 1 is 1.15 bits per heavy atom. The number of aryl methyl sites for hydroxylation is 1. The lowest BCUT2D eigenvalue weighted by Crippen LogP contribution is -2.47. The van der Waals surface area contributed by atoms with Crippen molar-refractivity contribution >= 4 is 10.9 Å². The largest absolute Gasteiger partial charge is 0.379 e. The highest BCUT2D eigenvalue weighted by Crippen LogP contribution is 2.34. The molecule has 0 aliphatic carbocycles. The van der Waals surface area contributed by atoms with Crippen LogP contribution in [-0.4, -0.2) is 66.8 Å². The molecule has 0 amide bonds. The molecule has 2 aliphatic heterocycles. The Balaban J connectivity index is 1.34. The molecule has 3 heterocycles. The van der Waals surface area contributed by atoms with Crippen molar-refractivity contribution in [3.63, 3.8) is 0 Å². The first kappa shape index (κ1) is 18.0. The topological polar surface area (TPSA) is 31.5 Å². The summed E-state index contributed by atoms with van der Waals surface area (Å²) >= 11 is 0. The number of aromatic amines is 1. The summed E-state index contributed by atoms with van der Waals surface area (Å²) in [4.78, 5) is 8.80. The van der Waals surface area contributed by atoms with Crippen molar-refractivity contribution in [2.75, 3.05) is 45.9 Å². The van der Waals surface area contributed by atoms with Crippen molar-refractivity contribution < 1.29 is 4.74 Å². The maximum Gasteiger partial charge on any atom is 0.0619 e. The summed E-state index contributed by atoms with van der Waals surface area (Å²) in [5.74, 6) is 0.703. The number of nitrogens with one attached hydrogen (secondary N) is 1. The van der Waals surface area contributed by atoms with Gasteiger partial charge >= 0.3 is 0 Å². The van der Waals surface area contributed by atoms with Crippen LogP contribution >= 0.6 is 0 Å². The molecule has 1 N–H and O–H groups in total. The number of fused-ring (bicyclic) bond motifs is 1.